The molecule has 0 amide bonds. The highest BCUT2D eigenvalue weighted by atomic mass is 32.1. The first-order chi connectivity index (χ1) is 7.72. The summed E-state index contributed by atoms with van der Waals surface area (Å²) in [4.78, 5) is 3.77. The first-order valence-corrected chi connectivity index (χ1v) is 7.00. The average molecular weight is 240 g/mol. The molecule has 0 radical (unpaired) electrons. The van der Waals surface area contributed by atoms with Gasteiger partial charge in [-0.3, -0.25) is 0 Å². The van der Waals surface area contributed by atoms with E-state index < -0.39 is 0 Å². The molecule has 0 aliphatic heterocycles. The third-order valence-electron chi connectivity index (χ3n) is 2.59. The fraction of sp³-hybridized carbons (Fsp3) is 0.692. The van der Waals surface area contributed by atoms with Gasteiger partial charge >= 0.3 is 0 Å². The maximum Gasteiger partial charge on any atom is 0.0198 e. The second kappa shape index (κ2) is 7.82. The number of hydrogen-bond donors (Lipinski definition) is 1. The summed E-state index contributed by atoms with van der Waals surface area (Å²) in [6.45, 7) is 4.48. The number of rotatable bonds is 8. The Bertz CT molecular complexity index is 257. The van der Waals surface area contributed by atoms with E-state index in [1.165, 1.54) is 24.1 Å². The Morgan fingerprint density at radius 1 is 1.44 bits per heavy atom. The van der Waals surface area contributed by atoms with E-state index in [0.29, 0.717) is 6.04 Å². The smallest absolute Gasteiger partial charge is 0.0198 e. The molecule has 3 heteroatoms. The molecule has 16 heavy (non-hydrogen) atoms. The molecule has 1 unspecified atom stereocenters. The van der Waals surface area contributed by atoms with Crippen molar-refractivity contribution < 1.29 is 0 Å². The van der Waals surface area contributed by atoms with Crippen LogP contribution in [0.1, 0.15) is 24.6 Å². The molecular weight excluding hydrogens is 216 g/mol. The van der Waals surface area contributed by atoms with Crippen LogP contribution in [0.5, 0.6) is 0 Å². The Kier molecular flexibility index (Phi) is 6.69. The molecule has 0 saturated carbocycles. The highest BCUT2D eigenvalue weighted by Crippen LogP contribution is 2.12. The Hall–Kier alpha value is -0.380. The number of hydrogen-bond acceptors (Lipinski definition) is 3. The van der Waals surface area contributed by atoms with E-state index in [9.17, 15) is 0 Å². The zero-order chi connectivity index (χ0) is 11.8. The van der Waals surface area contributed by atoms with E-state index in [-0.39, 0.29) is 0 Å². The van der Waals surface area contributed by atoms with Crippen LogP contribution in [0.2, 0.25) is 0 Å². The van der Waals surface area contributed by atoms with Gasteiger partial charge in [-0.25, -0.2) is 0 Å². The predicted octanol–water partition coefficient (Wildman–Crippen LogP) is 2.61. The molecule has 1 heterocycles. The summed E-state index contributed by atoms with van der Waals surface area (Å²) in [5.74, 6) is 0. The molecule has 0 aromatic carbocycles. The SMILES string of the molecule is CCCNC(CCc1cccs1)CN(C)C. The Morgan fingerprint density at radius 3 is 2.81 bits per heavy atom. The summed E-state index contributed by atoms with van der Waals surface area (Å²) < 4.78 is 0. The lowest BCUT2D eigenvalue weighted by Gasteiger charge is -2.22. The standard InChI is InChI=1S/C13H24N2S/c1-4-9-14-12(11-15(2)3)7-8-13-6-5-10-16-13/h5-6,10,12,14H,4,7-9,11H2,1-3H3. The zero-order valence-electron chi connectivity index (χ0n) is 10.7. The van der Waals surface area contributed by atoms with Crippen molar-refractivity contribution in [1.82, 2.24) is 10.2 Å². The van der Waals surface area contributed by atoms with Crippen LogP contribution in [0, 0.1) is 0 Å². The molecule has 1 aromatic rings. The van der Waals surface area contributed by atoms with E-state index >= 15 is 0 Å². The van der Waals surface area contributed by atoms with Gasteiger partial charge in [0.25, 0.3) is 0 Å². The van der Waals surface area contributed by atoms with Crippen molar-refractivity contribution in [3.63, 3.8) is 0 Å². The topological polar surface area (TPSA) is 15.3 Å². The molecule has 1 rings (SSSR count). The quantitative estimate of drug-likeness (QED) is 0.751. The van der Waals surface area contributed by atoms with Crippen molar-refractivity contribution in [1.29, 1.82) is 0 Å². The van der Waals surface area contributed by atoms with Gasteiger partial charge in [0.1, 0.15) is 0 Å². The molecule has 1 N–H and O–H groups in total. The molecular formula is C13H24N2S. The van der Waals surface area contributed by atoms with Gasteiger partial charge in [0.2, 0.25) is 0 Å². The van der Waals surface area contributed by atoms with E-state index in [1.807, 2.05) is 11.3 Å². The van der Waals surface area contributed by atoms with E-state index in [4.69, 9.17) is 0 Å². The molecule has 1 atom stereocenters. The van der Waals surface area contributed by atoms with Crippen LogP contribution in [-0.4, -0.2) is 38.1 Å². The summed E-state index contributed by atoms with van der Waals surface area (Å²) in [5, 5.41) is 5.79. The molecule has 0 saturated heterocycles. The van der Waals surface area contributed by atoms with Crippen molar-refractivity contribution in [3.05, 3.63) is 22.4 Å². The predicted molar refractivity (Wildman–Crippen MR) is 73.3 cm³/mol. The molecule has 0 bridgehead atoms. The van der Waals surface area contributed by atoms with Gasteiger partial charge in [0, 0.05) is 17.5 Å². The highest BCUT2D eigenvalue weighted by Gasteiger charge is 2.09. The molecule has 0 spiro atoms. The van der Waals surface area contributed by atoms with Crippen molar-refractivity contribution in [2.75, 3.05) is 27.2 Å². The van der Waals surface area contributed by atoms with E-state index in [2.05, 4.69) is 48.7 Å². The van der Waals surface area contributed by atoms with Gasteiger partial charge in [-0.15, -0.1) is 11.3 Å². The second-order valence-electron chi connectivity index (χ2n) is 4.53. The van der Waals surface area contributed by atoms with Crippen LogP contribution in [0.3, 0.4) is 0 Å². The van der Waals surface area contributed by atoms with Gasteiger partial charge in [0.05, 0.1) is 0 Å². The van der Waals surface area contributed by atoms with Crippen LogP contribution >= 0.6 is 11.3 Å². The largest absolute Gasteiger partial charge is 0.313 e. The molecule has 0 aliphatic rings. The maximum atomic E-state index is 3.63. The lowest BCUT2D eigenvalue weighted by atomic mass is 10.1. The Labute approximate surface area is 104 Å². The van der Waals surface area contributed by atoms with Gasteiger partial charge < -0.3 is 10.2 Å². The first kappa shape index (κ1) is 13.7. The molecule has 0 aliphatic carbocycles. The molecule has 2 nitrogen and oxygen atoms in total. The third-order valence-corrected chi connectivity index (χ3v) is 3.52. The van der Waals surface area contributed by atoms with Gasteiger partial charge in [0.15, 0.2) is 0 Å². The van der Waals surface area contributed by atoms with E-state index in [1.54, 1.807) is 0 Å². The minimum atomic E-state index is 0.622. The summed E-state index contributed by atoms with van der Waals surface area (Å²) in [6.07, 6.45) is 3.65. The van der Waals surface area contributed by atoms with E-state index in [0.717, 1.165) is 13.1 Å². The lowest BCUT2D eigenvalue weighted by molar-refractivity contribution is 0.327. The number of likely N-dealkylation sites (N-methyl/N-ethyl adjacent to an activating group) is 1. The third kappa shape index (κ3) is 5.64. The average Bonchev–Trinajstić information content (AvgIpc) is 2.74. The van der Waals surface area contributed by atoms with Crippen molar-refractivity contribution >= 4 is 11.3 Å². The molecule has 92 valence electrons. The minimum absolute atomic E-state index is 0.622. The first-order valence-electron chi connectivity index (χ1n) is 6.13. The maximum absolute atomic E-state index is 3.63. The van der Waals surface area contributed by atoms with Crippen LogP contribution in [0.4, 0.5) is 0 Å². The van der Waals surface area contributed by atoms with Gasteiger partial charge in [-0.05, 0) is 51.3 Å². The Balaban J connectivity index is 2.31. The second-order valence-corrected chi connectivity index (χ2v) is 5.56. The summed E-state index contributed by atoms with van der Waals surface area (Å²) in [6, 6.07) is 4.99. The number of thiophene rings is 1. The monoisotopic (exact) mass is 240 g/mol. The highest BCUT2D eigenvalue weighted by molar-refractivity contribution is 7.09. The fourth-order valence-corrected chi connectivity index (χ4v) is 2.54. The fourth-order valence-electron chi connectivity index (χ4n) is 1.82. The Morgan fingerprint density at radius 2 is 2.25 bits per heavy atom. The number of nitrogens with zero attached hydrogens (tertiary/aromatic N) is 1. The van der Waals surface area contributed by atoms with Crippen LogP contribution in [0.25, 0.3) is 0 Å². The summed E-state index contributed by atoms with van der Waals surface area (Å²) >= 11 is 1.87. The van der Waals surface area contributed by atoms with Crippen LogP contribution < -0.4 is 5.32 Å². The summed E-state index contributed by atoms with van der Waals surface area (Å²) in [7, 11) is 4.29. The zero-order valence-corrected chi connectivity index (χ0v) is 11.5. The van der Waals surface area contributed by atoms with Crippen molar-refractivity contribution in [2.24, 2.45) is 0 Å². The molecule has 0 fully saturated rings. The van der Waals surface area contributed by atoms with Crippen LogP contribution in [0.15, 0.2) is 17.5 Å². The molecule has 1 aromatic heterocycles. The minimum Gasteiger partial charge on any atom is -0.313 e. The van der Waals surface area contributed by atoms with Gasteiger partial charge in [-0.1, -0.05) is 13.0 Å². The number of nitrogens with one attached hydrogen (secondary N) is 1. The normalized spacial score (nSPS) is 13.2. The van der Waals surface area contributed by atoms with Crippen molar-refractivity contribution in [2.45, 2.75) is 32.2 Å². The number of aryl methyl sites for hydroxylation is 1. The lowest BCUT2D eigenvalue weighted by Crippen LogP contribution is -2.38. The van der Waals surface area contributed by atoms with Crippen LogP contribution in [-0.2, 0) is 6.42 Å². The van der Waals surface area contributed by atoms with Crippen molar-refractivity contribution in [3.8, 4) is 0 Å². The van der Waals surface area contributed by atoms with Gasteiger partial charge in [-0.2, -0.15) is 0 Å². The summed E-state index contributed by atoms with van der Waals surface area (Å²) in [5.41, 5.74) is 0.